The second-order valence-electron chi connectivity index (χ2n) is 7.81. The maximum Gasteiger partial charge on any atom is 0.293 e. The summed E-state index contributed by atoms with van der Waals surface area (Å²) in [5.74, 6) is 2.79. The molecule has 0 amide bonds. The van der Waals surface area contributed by atoms with Crippen molar-refractivity contribution in [3.8, 4) is 23.0 Å². The molecule has 4 rings (SSSR count). The van der Waals surface area contributed by atoms with E-state index in [0.29, 0.717) is 29.8 Å². The van der Waals surface area contributed by atoms with E-state index in [2.05, 4.69) is 72.0 Å². The zero-order valence-corrected chi connectivity index (χ0v) is 18.0. The zero-order valence-electron chi connectivity index (χ0n) is 17.2. The normalized spacial score (nSPS) is 11.7. The van der Waals surface area contributed by atoms with Crippen LogP contribution in [0.2, 0.25) is 0 Å². The molecule has 8 heteroatoms. The third-order valence-corrected chi connectivity index (χ3v) is 5.53. The van der Waals surface area contributed by atoms with Crippen LogP contribution in [-0.4, -0.2) is 24.9 Å². The molecule has 0 saturated heterocycles. The van der Waals surface area contributed by atoms with Crippen molar-refractivity contribution >= 4 is 11.8 Å². The van der Waals surface area contributed by atoms with Gasteiger partial charge in [0.25, 0.3) is 5.89 Å². The zero-order chi connectivity index (χ0) is 21.1. The Morgan fingerprint density at radius 2 is 1.93 bits per heavy atom. The molecular weight excluding hydrogens is 398 g/mol. The van der Waals surface area contributed by atoms with Crippen molar-refractivity contribution in [1.29, 1.82) is 0 Å². The van der Waals surface area contributed by atoms with E-state index in [1.54, 1.807) is 18.4 Å². The Labute approximate surface area is 179 Å². The van der Waals surface area contributed by atoms with Gasteiger partial charge in [-0.25, -0.2) is 0 Å². The molecule has 4 aromatic rings. The maximum atomic E-state index is 5.29. The number of furan rings is 1. The number of allylic oxidation sites excluding steroid dienone is 1. The van der Waals surface area contributed by atoms with Crippen LogP contribution in [-0.2, 0) is 17.7 Å². The summed E-state index contributed by atoms with van der Waals surface area (Å²) < 4.78 is 12.6. The quantitative estimate of drug-likeness (QED) is 0.293. The number of hydrogen-bond acceptors (Lipinski definition) is 7. The molecule has 0 spiro atoms. The second kappa shape index (κ2) is 8.31. The molecule has 0 atom stereocenters. The van der Waals surface area contributed by atoms with Gasteiger partial charge in [-0.3, -0.25) is 4.57 Å². The summed E-state index contributed by atoms with van der Waals surface area (Å²) in [4.78, 5) is 4.37. The molecule has 0 aliphatic heterocycles. The van der Waals surface area contributed by atoms with Gasteiger partial charge in [0.2, 0.25) is 0 Å². The van der Waals surface area contributed by atoms with Gasteiger partial charge in [0, 0.05) is 12.1 Å². The third-order valence-electron chi connectivity index (χ3n) is 4.57. The lowest BCUT2D eigenvalue weighted by atomic mass is 9.87. The van der Waals surface area contributed by atoms with Crippen LogP contribution in [0.3, 0.4) is 0 Å². The van der Waals surface area contributed by atoms with E-state index in [4.69, 9.17) is 8.94 Å². The Balaban J connectivity index is 1.53. The summed E-state index contributed by atoms with van der Waals surface area (Å²) in [5.41, 5.74) is 2.40. The van der Waals surface area contributed by atoms with Gasteiger partial charge in [-0.15, -0.1) is 16.8 Å². The van der Waals surface area contributed by atoms with Crippen LogP contribution in [0.4, 0.5) is 0 Å². The topological polar surface area (TPSA) is 82.8 Å². The Hall–Kier alpha value is -3.13. The first-order valence-corrected chi connectivity index (χ1v) is 10.6. The molecule has 0 bridgehead atoms. The molecule has 154 valence electrons. The SMILES string of the molecule is C=CCn1c(SCc2noc(-c3ccco3)n2)nnc1-c1ccc(C(C)(C)C)cc1. The van der Waals surface area contributed by atoms with Gasteiger partial charge in [-0.05, 0) is 23.1 Å². The Morgan fingerprint density at radius 3 is 2.60 bits per heavy atom. The largest absolute Gasteiger partial charge is 0.459 e. The fourth-order valence-electron chi connectivity index (χ4n) is 2.96. The summed E-state index contributed by atoms with van der Waals surface area (Å²) in [6, 6.07) is 12.0. The summed E-state index contributed by atoms with van der Waals surface area (Å²) in [6.45, 7) is 11.1. The predicted molar refractivity (Wildman–Crippen MR) is 116 cm³/mol. The number of thioether (sulfide) groups is 1. The number of nitrogens with zero attached hydrogens (tertiary/aromatic N) is 5. The minimum atomic E-state index is 0.105. The molecule has 0 N–H and O–H groups in total. The molecule has 0 radical (unpaired) electrons. The predicted octanol–water partition coefficient (Wildman–Crippen LogP) is 5.36. The highest BCUT2D eigenvalue weighted by molar-refractivity contribution is 7.98. The van der Waals surface area contributed by atoms with Gasteiger partial charge in [-0.1, -0.05) is 68.0 Å². The molecule has 3 heterocycles. The fraction of sp³-hybridized carbons (Fsp3) is 0.273. The average Bonchev–Trinajstić information content (AvgIpc) is 3.47. The molecule has 1 aromatic carbocycles. The van der Waals surface area contributed by atoms with Crippen molar-refractivity contribution in [2.75, 3.05) is 0 Å². The maximum absolute atomic E-state index is 5.29. The van der Waals surface area contributed by atoms with E-state index in [0.717, 1.165) is 16.5 Å². The number of rotatable bonds is 7. The Bertz CT molecular complexity index is 1120. The van der Waals surface area contributed by atoms with Crippen LogP contribution in [0.1, 0.15) is 32.2 Å². The van der Waals surface area contributed by atoms with Gasteiger partial charge in [-0.2, -0.15) is 4.98 Å². The second-order valence-corrected chi connectivity index (χ2v) is 8.76. The van der Waals surface area contributed by atoms with E-state index in [1.807, 2.05) is 10.6 Å². The first-order valence-electron chi connectivity index (χ1n) is 9.60. The van der Waals surface area contributed by atoms with E-state index in [9.17, 15) is 0 Å². The van der Waals surface area contributed by atoms with Gasteiger partial charge in [0.15, 0.2) is 22.6 Å². The van der Waals surface area contributed by atoms with Gasteiger partial charge >= 0.3 is 0 Å². The first kappa shape index (κ1) is 20.2. The summed E-state index contributed by atoms with van der Waals surface area (Å²) >= 11 is 1.50. The average molecular weight is 422 g/mol. The van der Waals surface area contributed by atoms with Crippen LogP contribution in [0.5, 0.6) is 0 Å². The Morgan fingerprint density at radius 1 is 1.13 bits per heavy atom. The lowest BCUT2D eigenvalue weighted by molar-refractivity contribution is 0.411. The van der Waals surface area contributed by atoms with E-state index >= 15 is 0 Å². The highest BCUT2D eigenvalue weighted by Crippen LogP contribution is 2.29. The highest BCUT2D eigenvalue weighted by atomic mass is 32.2. The van der Waals surface area contributed by atoms with Crippen molar-refractivity contribution in [2.24, 2.45) is 0 Å². The van der Waals surface area contributed by atoms with Gasteiger partial charge in [0.05, 0.1) is 12.0 Å². The van der Waals surface area contributed by atoms with E-state index in [-0.39, 0.29) is 5.41 Å². The monoisotopic (exact) mass is 421 g/mol. The van der Waals surface area contributed by atoms with Crippen LogP contribution in [0.15, 0.2) is 69.4 Å². The van der Waals surface area contributed by atoms with E-state index in [1.165, 1.54) is 17.3 Å². The molecule has 0 saturated carbocycles. The molecule has 0 aliphatic rings. The van der Waals surface area contributed by atoms with Crippen LogP contribution >= 0.6 is 11.8 Å². The fourth-order valence-corrected chi connectivity index (χ4v) is 3.75. The number of aromatic nitrogens is 5. The van der Waals surface area contributed by atoms with Gasteiger partial charge in [0.1, 0.15) is 0 Å². The van der Waals surface area contributed by atoms with E-state index < -0.39 is 0 Å². The van der Waals surface area contributed by atoms with Crippen molar-refractivity contribution < 1.29 is 8.94 Å². The van der Waals surface area contributed by atoms with Crippen molar-refractivity contribution in [1.82, 2.24) is 24.9 Å². The Kier molecular flexibility index (Phi) is 5.59. The summed E-state index contributed by atoms with van der Waals surface area (Å²) in [6.07, 6.45) is 3.41. The number of benzene rings is 1. The standard InChI is InChI=1S/C22H23N5O2S/c1-5-12-27-19(15-8-10-16(11-9-15)22(2,3)4)24-25-21(27)30-14-18-23-20(29-26-18)17-7-6-13-28-17/h5-11,13H,1,12,14H2,2-4H3. The number of hydrogen-bond donors (Lipinski definition) is 0. The molecule has 0 fully saturated rings. The first-order chi connectivity index (χ1) is 14.5. The lowest BCUT2D eigenvalue weighted by Crippen LogP contribution is -2.10. The molecule has 30 heavy (non-hydrogen) atoms. The van der Waals surface area contributed by atoms with Crippen LogP contribution in [0, 0.1) is 0 Å². The lowest BCUT2D eigenvalue weighted by Gasteiger charge is -2.19. The van der Waals surface area contributed by atoms with Gasteiger partial charge < -0.3 is 8.94 Å². The smallest absolute Gasteiger partial charge is 0.293 e. The van der Waals surface area contributed by atoms with Crippen molar-refractivity contribution in [3.63, 3.8) is 0 Å². The van der Waals surface area contributed by atoms with Crippen molar-refractivity contribution in [3.05, 3.63) is 66.7 Å². The molecule has 3 aromatic heterocycles. The summed E-state index contributed by atoms with van der Waals surface area (Å²) in [7, 11) is 0. The highest BCUT2D eigenvalue weighted by Gasteiger charge is 2.18. The van der Waals surface area contributed by atoms with Crippen LogP contribution in [0.25, 0.3) is 23.0 Å². The minimum Gasteiger partial charge on any atom is -0.459 e. The molecule has 0 aliphatic carbocycles. The minimum absolute atomic E-state index is 0.105. The molecular formula is C22H23N5O2S. The molecule has 7 nitrogen and oxygen atoms in total. The van der Waals surface area contributed by atoms with Crippen LogP contribution < -0.4 is 0 Å². The molecule has 0 unspecified atom stereocenters. The summed E-state index contributed by atoms with van der Waals surface area (Å²) in [5, 5.41) is 13.6. The third kappa shape index (κ3) is 4.23. The van der Waals surface area contributed by atoms with Crippen molar-refractivity contribution in [2.45, 2.75) is 43.6 Å².